The van der Waals surface area contributed by atoms with Crippen LogP contribution >= 0.6 is 15.9 Å². The number of halogens is 1. The maximum Gasteiger partial charge on any atom is 0.164 e. The van der Waals surface area contributed by atoms with E-state index in [9.17, 15) is 5.26 Å². The van der Waals surface area contributed by atoms with E-state index < -0.39 is 0 Å². The molecule has 0 radical (unpaired) electrons. The van der Waals surface area contributed by atoms with E-state index >= 15 is 0 Å². The standard InChI is InChI=1S/C16H15BrN4O/c1-11-6-13(10-22-2)15(8-18)16(20-11)21-19-9-12-4-3-5-14(17)7-12/h3-7,9H,10H2,1-2H3,(H,20,21)/b19-9+. The Labute approximate surface area is 137 Å². The van der Waals surface area contributed by atoms with E-state index in [1.165, 1.54) is 0 Å². The Kier molecular flexibility index (Phi) is 5.64. The zero-order chi connectivity index (χ0) is 15.9. The number of nitrogens with zero attached hydrogens (tertiary/aromatic N) is 3. The first-order chi connectivity index (χ1) is 10.6. The van der Waals surface area contributed by atoms with Gasteiger partial charge in [0.05, 0.1) is 12.8 Å². The molecule has 0 aliphatic carbocycles. The van der Waals surface area contributed by atoms with Crippen LogP contribution in [0.5, 0.6) is 0 Å². The first-order valence-corrected chi connectivity index (χ1v) is 7.37. The largest absolute Gasteiger partial charge is 0.380 e. The SMILES string of the molecule is COCc1cc(C)nc(N/N=C/c2cccc(Br)c2)c1C#N. The predicted octanol–water partition coefficient (Wildman–Crippen LogP) is 3.62. The van der Waals surface area contributed by atoms with Crippen molar-refractivity contribution in [3.05, 3.63) is 57.2 Å². The van der Waals surface area contributed by atoms with Gasteiger partial charge in [-0.15, -0.1) is 0 Å². The molecule has 0 aliphatic heterocycles. The number of hydrogen-bond acceptors (Lipinski definition) is 5. The van der Waals surface area contributed by atoms with Crippen molar-refractivity contribution in [2.75, 3.05) is 12.5 Å². The Morgan fingerprint density at radius 1 is 1.45 bits per heavy atom. The summed E-state index contributed by atoms with van der Waals surface area (Å²) in [6.45, 7) is 2.22. The molecule has 1 heterocycles. The minimum atomic E-state index is 0.357. The van der Waals surface area contributed by atoms with Crippen molar-refractivity contribution >= 4 is 28.0 Å². The summed E-state index contributed by atoms with van der Waals surface area (Å²) in [5, 5.41) is 13.5. The number of nitriles is 1. The number of aryl methyl sites for hydroxylation is 1. The van der Waals surface area contributed by atoms with Gasteiger partial charge in [0.25, 0.3) is 0 Å². The molecule has 112 valence electrons. The van der Waals surface area contributed by atoms with Crippen molar-refractivity contribution in [2.24, 2.45) is 5.10 Å². The second kappa shape index (κ2) is 7.69. The third-order valence-electron chi connectivity index (χ3n) is 2.87. The number of pyridine rings is 1. The number of methoxy groups -OCH3 is 1. The van der Waals surface area contributed by atoms with Gasteiger partial charge in [0.1, 0.15) is 11.6 Å². The molecule has 0 saturated heterocycles. The van der Waals surface area contributed by atoms with Crippen molar-refractivity contribution in [1.29, 1.82) is 5.26 Å². The van der Waals surface area contributed by atoms with Crippen LogP contribution < -0.4 is 5.43 Å². The van der Waals surface area contributed by atoms with Crippen LogP contribution in [-0.2, 0) is 11.3 Å². The van der Waals surface area contributed by atoms with Gasteiger partial charge in [-0.25, -0.2) is 4.98 Å². The molecule has 0 spiro atoms. The normalized spacial score (nSPS) is 10.6. The number of benzene rings is 1. The Balaban J connectivity index is 2.24. The molecule has 0 saturated carbocycles. The van der Waals surface area contributed by atoms with Crippen LogP contribution in [0.15, 0.2) is 39.9 Å². The molecule has 6 heteroatoms. The van der Waals surface area contributed by atoms with Crippen LogP contribution in [0.1, 0.15) is 22.4 Å². The van der Waals surface area contributed by atoms with Crippen molar-refractivity contribution in [2.45, 2.75) is 13.5 Å². The molecule has 0 aliphatic rings. The number of rotatable bonds is 5. The lowest BCUT2D eigenvalue weighted by molar-refractivity contribution is 0.184. The van der Waals surface area contributed by atoms with E-state index in [1.54, 1.807) is 13.3 Å². The number of hydrogen-bond donors (Lipinski definition) is 1. The summed E-state index contributed by atoms with van der Waals surface area (Å²) in [5.74, 6) is 0.431. The smallest absolute Gasteiger partial charge is 0.164 e. The lowest BCUT2D eigenvalue weighted by Crippen LogP contribution is -2.03. The molecular weight excluding hydrogens is 344 g/mol. The van der Waals surface area contributed by atoms with Crippen LogP contribution in [0.3, 0.4) is 0 Å². The average molecular weight is 359 g/mol. The summed E-state index contributed by atoms with van der Waals surface area (Å²) < 4.78 is 6.09. The number of hydrazone groups is 1. The number of nitrogens with one attached hydrogen (secondary N) is 1. The summed E-state index contributed by atoms with van der Waals surface area (Å²) in [4.78, 5) is 4.32. The zero-order valence-electron chi connectivity index (χ0n) is 12.3. The molecular formula is C16H15BrN4O. The minimum absolute atomic E-state index is 0.357. The van der Waals surface area contributed by atoms with Crippen molar-refractivity contribution in [3.8, 4) is 6.07 Å². The average Bonchev–Trinajstić information content (AvgIpc) is 2.47. The lowest BCUT2D eigenvalue weighted by Gasteiger charge is -2.09. The van der Waals surface area contributed by atoms with Gasteiger partial charge in [-0.05, 0) is 30.7 Å². The molecule has 22 heavy (non-hydrogen) atoms. The molecule has 5 nitrogen and oxygen atoms in total. The maximum absolute atomic E-state index is 9.33. The molecule has 0 atom stereocenters. The fraction of sp³-hybridized carbons (Fsp3) is 0.188. The Hall–Kier alpha value is -2.23. The third kappa shape index (κ3) is 4.13. The van der Waals surface area contributed by atoms with Crippen LogP contribution in [0.2, 0.25) is 0 Å². The molecule has 0 fully saturated rings. The zero-order valence-corrected chi connectivity index (χ0v) is 13.9. The van der Waals surface area contributed by atoms with Gasteiger partial charge in [0.15, 0.2) is 5.82 Å². The maximum atomic E-state index is 9.33. The van der Waals surface area contributed by atoms with Crippen molar-refractivity contribution in [3.63, 3.8) is 0 Å². The number of aromatic nitrogens is 1. The molecule has 0 bridgehead atoms. The highest BCUT2D eigenvalue weighted by Gasteiger charge is 2.10. The van der Waals surface area contributed by atoms with E-state index in [4.69, 9.17) is 4.74 Å². The van der Waals surface area contributed by atoms with Gasteiger partial charge < -0.3 is 4.74 Å². The first-order valence-electron chi connectivity index (χ1n) is 6.58. The molecule has 2 aromatic rings. The summed E-state index contributed by atoms with van der Waals surface area (Å²) in [6.07, 6.45) is 1.67. The quantitative estimate of drug-likeness (QED) is 0.654. The molecule has 2 rings (SSSR count). The Morgan fingerprint density at radius 2 is 2.27 bits per heavy atom. The summed E-state index contributed by atoms with van der Waals surface area (Å²) >= 11 is 3.41. The number of anilines is 1. The summed E-state index contributed by atoms with van der Waals surface area (Å²) in [5.41, 5.74) is 5.80. The molecule has 0 unspecified atom stereocenters. The van der Waals surface area contributed by atoms with Gasteiger partial charge in [-0.3, -0.25) is 5.43 Å². The highest BCUT2D eigenvalue weighted by Crippen LogP contribution is 2.19. The van der Waals surface area contributed by atoms with Gasteiger partial charge >= 0.3 is 0 Å². The highest BCUT2D eigenvalue weighted by molar-refractivity contribution is 9.10. The van der Waals surface area contributed by atoms with Crippen LogP contribution in [-0.4, -0.2) is 18.3 Å². The van der Waals surface area contributed by atoms with Gasteiger partial charge in [0, 0.05) is 22.8 Å². The second-order valence-corrected chi connectivity index (χ2v) is 5.53. The summed E-state index contributed by atoms with van der Waals surface area (Å²) in [6, 6.07) is 11.7. The molecule has 0 amide bonds. The Morgan fingerprint density at radius 3 is 2.95 bits per heavy atom. The van der Waals surface area contributed by atoms with Crippen LogP contribution in [0, 0.1) is 18.3 Å². The predicted molar refractivity (Wildman–Crippen MR) is 89.8 cm³/mol. The molecule has 1 aromatic heterocycles. The van der Waals surface area contributed by atoms with Gasteiger partial charge in [-0.2, -0.15) is 10.4 Å². The fourth-order valence-corrected chi connectivity index (χ4v) is 2.39. The van der Waals surface area contributed by atoms with E-state index in [0.717, 1.165) is 21.3 Å². The lowest BCUT2D eigenvalue weighted by atomic mass is 10.1. The van der Waals surface area contributed by atoms with Crippen molar-refractivity contribution < 1.29 is 4.74 Å². The van der Waals surface area contributed by atoms with Crippen LogP contribution in [0.25, 0.3) is 0 Å². The minimum Gasteiger partial charge on any atom is -0.380 e. The highest BCUT2D eigenvalue weighted by atomic mass is 79.9. The van der Waals surface area contributed by atoms with Crippen molar-refractivity contribution in [1.82, 2.24) is 4.98 Å². The van der Waals surface area contributed by atoms with E-state index in [1.807, 2.05) is 37.3 Å². The topological polar surface area (TPSA) is 70.3 Å². The first kappa shape index (κ1) is 16.1. The molecule has 1 N–H and O–H groups in total. The number of ether oxygens (including phenoxy) is 1. The fourth-order valence-electron chi connectivity index (χ4n) is 1.97. The van der Waals surface area contributed by atoms with Gasteiger partial charge in [-0.1, -0.05) is 28.1 Å². The second-order valence-electron chi connectivity index (χ2n) is 4.62. The van der Waals surface area contributed by atoms with Crippen LogP contribution in [0.4, 0.5) is 5.82 Å². The molecule has 1 aromatic carbocycles. The van der Waals surface area contributed by atoms with E-state index in [2.05, 4.69) is 37.5 Å². The monoisotopic (exact) mass is 358 g/mol. The van der Waals surface area contributed by atoms with E-state index in [-0.39, 0.29) is 0 Å². The third-order valence-corrected chi connectivity index (χ3v) is 3.37. The van der Waals surface area contributed by atoms with Gasteiger partial charge in [0.2, 0.25) is 0 Å². The summed E-state index contributed by atoms with van der Waals surface area (Å²) in [7, 11) is 1.59. The van der Waals surface area contributed by atoms with E-state index in [0.29, 0.717) is 18.0 Å². The Bertz CT molecular complexity index is 737.